The Bertz CT molecular complexity index is 229. The van der Waals surface area contributed by atoms with E-state index in [9.17, 15) is 5.11 Å². The van der Waals surface area contributed by atoms with Gasteiger partial charge in [-0.05, 0) is 25.5 Å². The van der Waals surface area contributed by atoms with Crippen LogP contribution >= 0.6 is 12.6 Å². The molecule has 0 aromatic heterocycles. The fourth-order valence-electron chi connectivity index (χ4n) is 0.825. The fourth-order valence-corrected chi connectivity index (χ4v) is 1.01. The Balaban J connectivity index is 3.34. The van der Waals surface area contributed by atoms with Crippen molar-refractivity contribution in [1.82, 2.24) is 0 Å². The van der Waals surface area contributed by atoms with Crippen molar-refractivity contribution in [3.8, 4) is 5.75 Å². The Morgan fingerprint density at radius 3 is 2.40 bits per heavy atom. The van der Waals surface area contributed by atoms with E-state index in [1.54, 1.807) is 0 Å². The lowest BCUT2D eigenvalue weighted by Crippen LogP contribution is -1.80. The van der Waals surface area contributed by atoms with Gasteiger partial charge in [0.1, 0.15) is 5.75 Å². The number of benzene rings is 1. The second-order valence-electron chi connectivity index (χ2n) is 2.38. The molecule has 1 aromatic rings. The van der Waals surface area contributed by atoms with Gasteiger partial charge in [-0.2, -0.15) is 0 Å². The van der Waals surface area contributed by atoms with E-state index in [2.05, 4.69) is 12.6 Å². The molecule has 0 heterocycles. The number of thiol groups is 1. The molecule has 0 saturated heterocycles. The minimum Gasteiger partial charge on any atom is -0.507 e. The molecule has 0 aliphatic heterocycles. The summed E-state index contributed by atoms with van der Waals surface area (Å²) in [6, 6.07) is 3.73. The van der Waals surface area contributed by atoms with E-state index in [1.165, 1.54) is 0 Å². The quantitative estimate of drug-likeness (QED) is 0.549. The van der Waals surface area contributed by atoms with Crippen molar-refractivity contribution in [1.29, 1.82) is 0 Å². The number of phenolic OH excluding ortho intramolecular Hbond substituents is 1. The molecule has 2 heteroatoms. The van der Waals surface area contributed by atoms with Crippen molar-refractivity contribution in [2.24, 2.45) is 0 Å². The lowest BCUT2D eigenvalue weighted by atomic mass is 10.1. The van der Waals surface area contributed by atoms with Crippen LogP contribution in [0.5, 0.6) is 5.75 Å². The monoisotopic (exact) mass is 154 g/mol. The van der Waals surface area contributed by atoms with Crippen molar-refractivity contribution in [2.75, 3.05) is 0 Å². The van der Waals surface area contributed by atoms with Gasteiger partial charge >= 0.3 is 0 Å². The van der Waals surface area contributed by atoms with Crippen LogP contribution in [0.3, 0.4) is 0 Å². The standard InChI is InChI=1S/C8H10OS/c1-5-3-4-7(10)6(2)8(5)9/h3-4,9-10H,1-2H3. The van der Waals surface area contributed by atoms with Crippen LogP contribution in [0.1, 0.15) is 11.1 Å². The van der Waals surface area contributed by atoms with Gasteiger partial charge in [0.25, 0.3) is 0 Å². The number of hydrogen-bond acceptors (Lipinski definition) is 2. The zero-order valence-electron chi connectivity index (χ0n) is 6.05. The topological polar surface area (TPSA) is 20.2 Å². The molecule has 10 heavy (non-hydrogen) atoms. The summed E-state index contributed by atoms with van der Waals surface area (Å²) in [7, 11) is 0. The summed E-state index contributed by atoms with van der Waals surface area (Å²) >= 11 is 4.15. The first-order valence-corrected chi connectivity index (χ1v) is 3.56. The zero-order chi connectivity index (χ0) is 7.72. The Kier molecular flexibility index (Phi) is 1.90. The van der Waals surface area contributed by atoms with Gasteiger partial charge in [0.15, 0.2) is 0 Å². The highest BCUT2D eigenvalue weighted by molar-refractivity contribution is 7.80. The van der Waals surface area contributed by atoms with Crippen LogP contribution in [0, 0.1) is 13.8 Å². The maximum atomic E-state index is 9.34. The molecule has 0 aliphatic rings. The number of hydrogen-bond donors (Lipinski definition) is 2. The summed E-state index contributed by atoms with van der Waals surface area (Å²) in [5.41, 5.74) is 1.75. The summed E-state index contributed by atoms with van der Waals surface area (Å²) in [6.45, 7) is 3.72. The maximum Gasteiger partial charge on any atom is 0.122 e. The summed E-state index contributed by atoms with van der Waals surface area (Å²) in [4.78, 5) is 0.836. The van der Waals surface area contributed by atoms with Crippen molar-refractivity contribution >= 4 is 12.6 Å². The minimum atomic E-state index is 0.354. The fraction of sp³-hybridized carbons (Fsp3) is 0.250. The smallest absolute Gasteiger partial charge is 0.122 e. The van der Waals surface area contributed by atoms with E-state index in [4.69, 9.17) is 0 Å². The molecule has 0 fully saturated rings. The second-order valence-corrected chi connectivity index (χ2v) is 2.86. The van der Waals surface area contributed by atoms with Crippen molar-refractivity contribution < 1.29 is 5.11 Å². The number of aryl methyl sites for hydroxylation is 1. The van der Waals surface area contributed by atoms with Crippen LogP contribution in [0.15, 0.2) is 17.0 Å². The molecule has 1 nitrogen and oxygen atoms in total. The van der Waals surface area contributed by atoms with Crippen LogP contribution in [0.2, 0.25) is 0 Å². The maximum absolute atomic E-state index is 9.34. The SMILES string of the molecule is Cc1ccc(S)c(C)c1O. The Labute approximate surface area is 66.1 Å². The molecule has 0 bridgehead atoms. The van der Waals surface area contributed by atoms with E-state index in [0.717, 1.165) is 16.0 Å². The van der Waals surface area contributed by atoms with Crippen molar-refractivity contribution in [2.45, 2.75) is 18.7 Å². The zero-order valence-corrected chi connectivity index (χ0v) is 6.94. The van der Waals surface area contributed by atoms with Crippen LogP contribution in [-0.2, 0) is 0 Å². The molecule has 1 aromatic carbocycles. The lowest BCUT2D eigenvalue weighted by molar-refractivity contribution is 0.465. The predicted octanol–water partition coefficient (Wildman–Crippen LogP) is 2.30. The first-order chi connectivity index (χ1) is 4.63. The van der Waals surface area contributed by atoms with Gasteiger partial charge in [0, 0.05) is 10.5 Å². The van der Waals surface area contributed by atoms with Gasteiger partial charge in [0.05, 0.1) is 0 Å². The average molecular weight is 154 g/mol. The first-order valence-electron chi connectivity index (χ1n) is 3.11. The molecular weight excluding hydrogens is 144 g/mol. The summed E-state index contributed by atoms with van der Waals surface area (Å²) in [6.07, 6.45) is 0. The molecule has 0 unspecified atom stereocenters. The average Bonchev–Trinajstić information content (AvgIpc) is 1.93. The van der Waals surface area contributed by atoms with Crippen LogP contribution < -0.4 is 0 Å². The highest BCUT2D eigenvalue weighted by Gasteiger charge is 2.01. The molecule has 0 aliphatic carbocycles. The molecule has 54 valence electrons. The van der Waals surface area contributed by atoms with E-state index in [-0.39, 0.29) is 0 Å². The summed E-state index contributed by atoms with van der Waals surface area (Å²) in [5.74, 6) is 0.354. The van der Waals surface area contributed by atoms with Gasteiger partial charge in [-0.3, -0.25) is 0 Å². The molecule has 0 amide bonds. The van der Waals surface area contributed by atoms with Crippen molar-refractivity contribution in [3.05, 3.63) is 23.3 Å². The van der Waals surface area contributed by atoms with E-state index in [0.29, 0.717) is 5.75 Å². The van der Waals surface area contributed by atoms with Gasteiger partial charge in [0.2, 0.25) is 0 Å². The largest absolute Gasteiger partial charge is 0.507 e. The minimum absolute atomic E-state index is 0.354. The lowest BCUT2D eigenvalue weighted by Gasteiger charge is -2.03. The van der Waals surface area contributed by atoms with Gasteiger partial charge in [-0.25, -0.2) is 0 Å². The third-order valence-electron chi connectivity index (χ3n) is 1.60. The molecule has 0 spiro atoms. The summed E-state index contributed by atoms with van der Waals surface area (Å²) in [5, 5.41) is 9.34. The highest BCUT2D eigenvalue weighted by atomic mass is 32.1. The third kappa shape index (κ3) is 1.12. The Morgan fingerprint density at radius 2 is 1.90 bits per heavy atom. The van der Waals surface area contributed by atoms with Crippen molar-refractivity contribution in [3.63, 3.8) is 0 Å². The highest BCUT2D eigenvalue weighted by Crippen LogP contribution is 2.26. The van der Waals surface area contributed by atoms with Gasteiger partial charge < -0.3 is 5.11 Å². The van der Waals surface area contributed by atoms with Gasteiger partial charge in [-0.15, -0.1) is 12.6 Å². The van der Waals surface area contributed by atoms with E-state index < -0.39 is 0 Å². The summed E-state index contributed by atoms with van der Waals surface area (Å²) < 4.78 is 0. The molecule has 0 saturated carbocycles. The normalized spacial score (nSPS) is 9.90. The third-order valence-corrected chi connectivity index (χ3v) is 2.09. The Morgan fingerprint density at radius 1 is 1.30 bits per heavy atom. The number of rotatable bonds is 0. The van der Waals surface area contributed by atoms with E-state index >= 15 is 0 Å². The molecule has 0 radical (unpaired) electrons. The van der Waals surface area contributed by atoms with E-state index in [1.807, 2.05) is 26.0 Å². The van der Waals surface area contributed by atoms with Crippen LogP contribution in [0.25, 0.3) is 0 Å². The molecular formula is C8H10OS. The van der Waals surface area contributed by atoms with Crippen LogP contribution in [-0.4, -0.2) is 5.11 Å². The second kappa shape index (κ2) is 2.54. The first kappa shape index (κ1) is 7.48. The predicted molar refractivity (Wildman–Crippen MR) is 44.8 cm³/mol. The number of aromatic hydroxyl groups is 1. The van der Waals surface area contributed by atoms with Gasteiger partial charge in [-0.1, -0.05) is 6.07 Å². The Hall–Kier alpha value is -0.630. The molecule has 0 atom stereocenters. The van der Waals surface area contributed by atoms with Crippen LogP contribution in [0.4, 0.5) is 0 Å². The molecule has 1 rings (SSSR count). The molecule has 1 N–H and O–H groups in total. The number of phenols is 1.